The molecule has 2 atom stereocenters. The minimum absolute atomic E-state index is 0.116. The Bertz CT molecular complexity index is 703. The maximum absolute atomic E-state index is 12.7. The second-order valence-electron chi connectivity index (χ2n) is 8.56. The Labute approximate surface area is 166 Å². The van der Waals surface area contributed by atoms with Crippen LogP contribution in [0, 0.1) is 5.41 Å². The molecule has 3 saturated heterocycles. The molecule has 28 heavy (non-hydrogen) atoms. The van der Waals surface area contributed by atoms with Gasteiger partial charge in [-0.25, -0.2) is 0 Å². The van der Waals surface area contributed by atoms with Crippen LogP contribution in [0.4, 0.5) is 0 Å². The summed E-state index contributed by atoms with van der Waals surface area (Å²) in [5, 5.41) is 12.8. The molecular formula is C21H30N4O3. The predicted octanol–water partition coefficient (Wildman–Crippen LogP) is 0.578. The molecule has 2 N–H and O–H groups in total. The monoisotopic (exact) mass is 386 g/mol. The van der Waals surface area contributed by atoms with E-state index in [0.717, 1.165) is 51.0 Å². The lowest BCUT2D eigenvalue weighted by atomic mass is 9.72. The first-order chi connectivity index (χ1) is 13.5. The van der Waals surface area contributed by atoms with E-state index in [1.807, 2.05) is 28.0 Å². The van der Waals surface area contributed by atoms with Crippen LogP contribution >= 0.6 is 0 Å². The molecule has 0 saturated carbocycles. The van der Waals surface area contributed by atoms with Gasteiger partial charge in [-0.1, -0.05) is 6.07 Å². The SMILES string of the molecule is O=C1CCC2(CCN(C(=O)[C@H]3C[C@H](O)CN3)CC2)CN1CCc1ccccn1. The molecule has 3 fully saturated rings. The number of aliphatic hydroxyl groups is 1. The number of nitrogens with zero attached hydrogens (tertiary/aromatic N) is 3. The van der Waals surface area contributed by atoms with Gasteiger partial charge in [-0.2, -0.15) is 0 Å². The van der Waals surface area contributed by atoms with Crippen molar-refractivity contribution in [2.45, 2.75) is 50.7 Å². The fraction of sp³-hybridized carbons (Fsp3) is 0.667. The lowest BCUT2D eigenvalue weighted by molar-refractivity contribution is -0.143. The first-order valence-corrected chi connectivity index (χ1v) is 10.4. The largest absolute Gasteiger partial charge is 0.392 e. The van der Waals surface area contributed by atoms with Crippen LogP contribution in [0.15, 0.2) is 24.4 Å². The van der Waals surface area contributed by atoms with Crippen LogP contribution in [0.2, 0.25) is 0 Å². The predicted molar refractivity (Wildman–Crippen MR) is 104 cm³/mol. The standard InChI is InChI=1S/C21H30N4O3/c26-17-13-18(23-14-17)20(28)24-11-7-21(8-12-24)6-4-19(27)25(15-21)10-5-16-3-1-2-9-22-16/h1-3,9,17-18,23,26H,4-8,10-15H2/t17-,18+/m0/s1. The van der Waals surface area contributed by atoms with Gasteiger partial charge in [0.1, 0.15) is 0 Å². The number of β-amino-alcohol motifs (C(OH)–C–C–N with tert-alkyl or cyclic N) is 1. The summed E-state index contributed by atoms with van der Waals surface area (Å²) in [7, 11) is 0. The summed E-state index contributed by atoms with van der Waals surface area (Å²) in [6.45, 7) is 3.50. The van der Waals surface area contributed by atoms with E-state index in [9.17, 15) is 14.7 Å². The lowest BCUT2D eigenvalue weighted by Gasteiger charge is -2.47. The summed E-state index contributed by atoms with van der Waals surface area (Å²) in [6.07, 6.45) is 6.09. The van der Waals surface area contributed by atoms with Gasteiger partial charge in [-0.05, 0) is 43.2 Å². The van der Waals surface area contributed by atoms with Gasteiger partial charge >= 0.3 is 0 Å². The molecular weight excluding hydrogens is 356 g/mol. The average Bonchev–Trinajstić information content (AvgIpc) is 3.16. The maximum atomic E-state index is 12.7. The van der Waals surface area contributed by atoms with Crippen molar-refractivity contribution in [3.63, 3.8) is 0 Å². The van der Waals surface area contributed by atoms with Gasteiger partial charge in [0.05, 0.1) is 12.1 Å². The molecule has 0 aliphatic carbocycles. The lowest BCUT2D eigenvalue weighted by Crippen LogP contribution is -2.54. The first-order valence-electron chi connectivity index (χ1n) is 10.4. The third-order valence-electron chi connectivity index (χ3n) is 6.65. The summed E-state index contributed by atoms with van der Waals surface area (Å²) in [5.74, 6) is 0.356. The quantitative estimate of drug-likeness (QED) is 0.791. The number of hydrogen-bond donors (Lipinski definition) is 2. The molecule has 152 valence electrons. The highest BCUT2D eigenvalue weighted by molar-refractivity contribution is 5.82. The van der Waals surface area contributed by atoms with E-state index < -0.39 is 6.10 Å². The zero-order valence-electron chi connectivity index (χ0n) is 16.3. The van der Waals surface area contributed by atoms with Gasteiger partial charge in [0, 0.05) is 57.5 Å². The molecule has 0 unspecified atom stereocenters. The zero-order chi connectivity index (χ0) is 19.6. The number of likely N-dealkylation sites (tertiary alicyclic amines) is 2. The van der Waals surface area contributed by atoms with Gasteiger partial charge in [0.15, 0.2) is 0 Å². The second kappa shape index (κ2) is 8.17. The number of rotatable bonds is 4. The normalized spacial score (nSPS) is 27.4. The minimum Gasteiger partial charge on any atom is -0.392 e. The zero-order valence-corrected chi connectivity index (χ0v) is 16.3. The number of pyridine rings is 1. The van der Waals surface area contributed by atoms with Crippen LogP contribution in [0.5, 0.6) is 0 Å². The molecule has 7 heteroatoms. The van der Waals surface area contributed by atoms with Crippen molar-refractivity contribution in [1.82, 2.24) is 20.1 Å². The fourth-order valence-corrected chi connectivity index (χ4v) is 4.84. The summed E-state index contributed by atoms with van der Waals surface area (Å²) in [6, 6.07) is 5.64. The minimum atomic E-state index is -0.415. The Hall–Kier alpha value is -1.99. The van der Waals surface area contributed by atoms with Crippen LogP contribution in [-0.4, -0.2) is 76.6 Å². The van der Waals surface area contributed by atoms with Gasteiger partial charge in [0.2, 0.25) is 11.8 Å². The molecule has 0 bridgehead atoms. The molecule has 2 amide bonds. The number of carbonyl (C=O) groups excluding carboxylic acids is 2. The Morgan fingerprint density at radius 3 is 2.79 bits per heavy atom. The third-order valence-corrected chi connectivity index (χ3v) is 6.65. The number of aromatic nitrogens is 1. The van der Waals surface area contributed by atoms with E-state index in [4.69, 9.17) is 0 Å². The van der Waals surface area contributed by atoms with Gasteiger partial charge in [-0.15, -0.1) is 0 Å². The van der Waals surface area contributed by atoms with Gasteiger partial charge in [-0.3, -0.25) is 14.6 Å². The molecule has 0 aromatic carbocycles. The molecule has 0 radical (unpaired) electrons. The molecule has 4 heterocycles. The van der Waals surface area contributed by atoms with Crippen LogP contribution < -0.4 is 5.32 Å². The summed E-state index contributed by atoms with van der Waals surface area (Å²) >= 11 is 0. The van der Waals surface area contributed by atoms with Gasteiger partial charge in [0.25, 0.3) is 0 Å². The Kier molecular flexibility index (Phi) is 5.64. The topological polar surface area (TPSA) is 85.8 Å². The summed E-state index contributed by atoms with van der Waals surface area (Å²) < 4.78 is 0. The Morgan fingerprint density at radius 1 is 1.29 bits per heavy atom. The van der Waals surface area contributed by atoms with E-state index in [-0.39, 0.29) is 23.3 Å². The fourth-order valence-electron chi connectivity index (χ4n) is 4.84. The van der Waals surface area contributed by atoms with Crippen molar-refractivity contribution in [2.24, 2.45) is 5.41 Å². The number of carbonyl (C=O) groups is 2. The molecule has 4 rings (SSSR count). The van der Waals surface area contributed by atoms with Crippen LogP contribution in [-0.2, 0) is 16.0 Å². The van der Waals surface area contributed by atoms with E-state index >= 15 is 0 Å². The van der Waals surface area contributed by atoms with E-state index in [0.29, 0.717) is 25.9 Å². The Morgan fingerprint density at radius 2 is 2.11 bits per heavy atom. The number of piperidine rings is 2. The van der Waals surface area contributed by atoms with E-state index in [1.165, 1.54) is 0 Å². The molecule has 3 aliphatic rings. The summed E-state index contributed by atoms with van der Waals surface area (Å²) in [4.78, 5) is 33.4. The van der Waals surface area contributed by atoms with Crippen LogP contribution in [0.1, 0.15) is 37.8 Å². The molecule has 1 aromatic heterocycles. The van der Waals surface area contributed by atoms with Crippen molar-refractivity contribution in [3.05, 3.63) is 30.1 Å². The molecule has 3 aliphatic heterocycles. The average molecular weight is 386 g/mol. The van der Waals surface area contributed by atoms with Crippen LogP contribution in [0.3, 0.4) is 0 Å². The van der Waals surface area contributed by atoms with Crippen molar-refractivity contribution in [2.75, 3.05) is 32.7 Å². The van der Waals surface area contributed by atoms with Crippen molar-refractivity contribution >= 4 is 11.8 Å². The van der Waals surface area contributed by atoms with Crippen molar-refractivity contribution in [1.29, 1.82) is 0 Å². The third kappa shape index (κ3) is 4.20. The maximum Gasteiger partial charge on any atom is 0.239 e. The second-order valence-corrected chi connectivity index (χ2v) is 8.56. The molecule has 7 nitrogen and oxygen atoms in total. The number of aliphatic hydroxyl groups excluding tert-OH is 1. The highest BCUT2D eigenvalue weighted by Gasteiger charge is 2.42. The first kappa shape index (κ1) is 19.3. The number of nitrogens with one attached hydrogen (secondary N) is 1. The number of amides is 2. The van der Waals surface area contributed by atoms with E-state index in [2.05, 4.69) is 10.3 Å². The van der Waals surface area contributed by atoms with Gasteiger partial charge < -0.3 is 20.2 Å². The highest BCUT2D eigenvalue weighted by atomic mass is 16.3. The summed E-state index contributed by atoms with van der Waals surface area (Å²) in [5.41, 5.74) is 1.15. The van der Waals surface area contributed by atoms with E-state index in [1.54, 1.807) is 6.20 Å². The van der Waals surface area contributed by atoms with Crippen LogP contribution in [0.25, 0.3) is 0 Å². The highest BCUT2D eigenvalue weighted by Crippen LogP contribution is 2.40. The number of hydrogen-bond acceptors (Lipinski definition) is 5. The van der Waals surface area contributed by atoms with Crippen molar-refractivity contribution < 1.29 is 14.7 Å². The molecule has 1 spiro atoms. The Balaban J connectivity index is 1.31. The van der Waals surface area contributed by atoms with Crippen molar-refractivity contribution in [3.8, 4) is 0 Å². The molecule has 1 aromatic rings. The smallest absolute Gasteiger partial charge is 0.239 e.